The Bertz CT molecular complexity index is 270. The van der Waals surface area contributed by atoms with E-state index < -0.39 is 0 Å². The van der Waals surface area contributed by atoms with E-state index in [4.69, 9.17) is 0 Å². The van der Waals surface area contributed by atoms with Gasteiger partial charge in [0.1, 0.15) is 0 Å². The lowest BCUT2D eigenvalue weighted by molar-refractivity contribution is 0.231. The third-order valence-electron chi connectivity index (χ3n) is 5.69. The minimum atomic E-state index is 0.255. The molecule has 1 nitrogen and oxygen atoms in total. The van der Waals surface area contributed by atoms with Crippen LogP contribution in [0.4, 0.5) is 0 Å². The topological polar surface area (TPSA) is 3.24 Å². The molecule has 0 aliphatic heterocycles. The Labute approximate surface area is 122 Å². The highest BCUT2D eigenvalue weighted by atomic mass is 31.1. The molecule has 0 saturated heterocycles. The molecular weight excluding hydrogens is 249 g/mol. The molecule has 2 heteroatoms. The van der Waals surface area contributed by atoms with E-state index in [1.165, 1.54) is 32.1 Å². The SMILES string of the molecule is CC(C1CCCC1P(C(C)C)C1CCCC1)N(C)C. The highest BCUT2D eigenvalue weighted by Crippen LogP contribution is 2.61. The van der Waals surface area contributed by atoms with Crippen molar-refractivity contribution in [3.63, 3.8) is 0 Å². The lowest BCUT2D eigenvalue weighted by Crippen LogP contribution is -2.37. The molecule has 2 rings (SSSR count). The maximum atomic E-state index is 2.51. The average Bonchev–Trinajstić information content (AvgIpc) is 2.99. The second-order valence-electron chi connectivity index (χ2n) is 7.35. The smallest absolute Gasteiger partial charge is 0.00951 e. The Hall–Kier alpha value is 0.390. The largest absolute Gasteiger partial charge is 0.306 e. The fourth-order valence-electron chi connectivity index (χ4n) is 4.56. The van der Waals surface area contributed by atoms with E-state index in [1.54, 1.807) is 12.8 Å². The third kappa shape index (κ3) is 3.53. The number of rotatable bonds is 5. The van der Waals surface area contributed by atoms with E-state index in [0.717, 1.165) is 28.9 Å². The normalized spacial score (nSPS) is 32.4. The maximum Gasteiger partial charge on any atom is 0.00951 e. The molecule has 0 spiro atoms. The summed E-state index contributed by atoms with van der Waals surface area (Å²) in [5.41, 5.74) is 3.11. The molecule has 0 amide bonds. The summed E-state index contributed by atoms with van der Waals surface area (Å²) in [5, 5.41) is 0. The monoisotopic (exact) mass is 283 g/mol. The van der Waals surface area contributed by atoms with Gasteiger partial charge >= 0.3 is 0 Å². The van der Waals surface area contributed by atoms with Gasteiger partial charge in [-0.2, -0.15) is 0 Å². The van der Waals surface area contributed by atoms with Crippen molar-refractivity contribution in [3.8, 4) is 0 Å². The molecule has 4 unspecified atom stereocenters. The van der Waals surface area contributed by atoms with Crippen LogP contribution in [0.15, 0.2) is 0 Å². The highest BCUT2D eigenvalue weighted by Gasteiger charge is 2.41. The zero-order valence-corrected chi connectivity index (χ0v) is 14.6. The van der Waals surface area contributed by atoms with Gasteiger partial charge in [-0.05, 0) is 69.6 Å². The van der Waals surface area contributed by atoms with Crippen LogP contribution in [0.5, 0.6) is 0 Å². The van der Waals surface area contributed by atoms with Crippen molar-refractivity contribution in [2.75, 3.05) is 14.1 Å². The average molecular weight is 283 g/mol. The van der Waals surface area contributed by atoms with Gasteiger partial charge in [0.05, 0.1) is 0 Å². The standard InChI is InChI=1S/C17H34NP/c1-13(2)19(15-9-6-7-10-15)17-12-8-11-16(17)14(3)18(4)5/h13-17H,6-12H2,1-5H3. The van der Waals surface area contributed by atoms with Gasteiger partial charge in [0.15, 0.2) is 0 Å². The van der Waals surface area contributed by atoms with Crippen LogP contribution in [-0.2, 0) is 0 Å². The Morgan fingerprint density at radius 1 is 0.895 bits per heavy atom. The van der Waals surface area contributed by atoms with E-state index in [2.05, 4.69) is 39.8 Å². The molecule has 2 saturated carbocycles. The summed E-state index contributed by atoms with van der Waals surface area (Å²) in [6.45, 7) is 7.49. The van der Waals surface area contributed by atoms with Gasteiger partial charge in [0, 0.05) is 6.04 Å². The van der Waals surface area contributed by atoms with E-state index in [1.807, 2.05) is 0 Å². The summed E-state index contributed by atoms with van der Waals surface area (Å²) in [6.07, 6.45) is 10.6. The fourth-order valence-corrected chi connectivity index (χ4v) is 9.00. The summed E-state index contributed by atoms with van der Waals surface area (Å²) in [7, 11) is 4.80. The zero-order valence-electron chi connectivity index (χ0n) is 13.7. The van der Waals surface area contributed by atoms with Crippen molar-refractivity contribution in [1.29, 1.82) is 0 Å². The fraction of sp³-hybridized carbons (Fsp3) is 1.00. The summed E-state index contributed by atoms with van der Waals surface area (Å²) in [5.74, 6) is 0.976. The molecule has 0 heterocycles. The minimum absolute atomic E-state index is 0.255. The third-order valence-corrected chi connectivity index (χ3v) is 9.65. The number of nitrogens with zero attached hydrogens (tertiary/aromatic N) is 1. The van der Waals surface area contributed by atoms with Crippen LogP contribution in [0.25, 0.3) is 0 Å². The van der Waals surface area contributed by atoms with Gasteiger partial charge in [-0.15, -0.1) is 0 Å². The van der Waals surface area contributed by atoms with E-state index in [9.17, 15) is 0 Å². The van der Waals surface area contributed by atoms with Crippen LogP contribution >= 0.6 is 7.92 Å². The van der Waals surface area contributed by atoms with Crippen LogP contribution in [0.1, 0.15) is 65.7 Å². The van der Waals surface area contributed by atoms with Crippen molar-refractivity contribution in [3.05, 3.63) is 0 Å². The Morgan fingerprint density at radius 3 is 2.05 bits per heavy atom. The molecule has 2 fully saturated rings. The number of hydrogen-bond donors (Lipinski definition) is 0. The van der Waals surface area contributed by atoms with Gasteiger partial charge in [-0.25, -0.2) is 0 Å². The molecule has 0 aromatic heterocycles. The quantitative estimate of drug-likeness (QED) is 0.646. The van der Waals surface area contributed by atoms with E-state index >= 15 is 0 Å². The van der Waals surface area contributed by atoms with Crippen molar-refractivity contribution in [2.45, 2.75) is 88.7 Å². The van der Waals surface area contributed by atoms with Gasteiger partial charge in [-0.3, -0.25) is 0 Å². The van der Waals surface area contributed by atoms with Crippen molar-refractivity contribution < 1.29 is 0 Å². The van der Waals surface area contributed by atoms with Crippen LogP contribution in [0, 0.1) is 5.92 Å². The summed E-state index contributed by atoms with van der Waals surface area (Å²) in [6, 6.07) is 0.776. The molecule has 2 aliphatic carbocycles. The molecular formula is C17H34NP. The lowest BCUT2D eigenvalue weighted by atomic mass is 9.98. The maximum absolute atomic E-state index is 2.51. The second-order valence-corrected chi connectivity index (χ2v) is 10.7. The molecule has 0 aromatic rings. The first-order valence-electron chi connectivity index (χ1n) is 8.46. The van der Waals surface area contributed by atoms with Gasteiger partial charge in [0.25, 0.3) is 0 Å². The highest BCUT2D eigenvalue weighted by molar-refractivity contribution is 7.59. The molecule has 19 heavy (non-hydrogen) atoms. The van der Waals surface area contributed by atoms with Gasteiger partial charge < -0.3 is 4.90 Å². The lowest BCUT2D eigenvalue weighted by Gasteiger charge is -2.40. The summed E-state index contributed by atoms with van der Waals surface area (Å²) < 4.78 is 0. The van der Waals surface area contributed by atoms with Crippen LogP contribution in [0.3, 0.4) is 0 Å². The first-order chi connectivity index (χ1) is 9.02. The van der Waals surface area contributed by atoms with Crippen molar-refractivity contribution >= 4 is 7.92 Å². The van der Waals surface area contributed by atoms with E-state index in [0.29, 0.717) is 0 Å². The van der Waals surface area contributed by atoms with Crippen molar-refractivity contribution in [2.24, 2.45) is 5.92 Å². The number of hydrogen-bond acceptors (Lipinski definition) is 1. The molecule has 0 bridgehead atoms. The van der Waals surface area contributed by atoms with Crippen molar-refractivity contribution in [1.82, 2.24) is 4.90 Å². The van der Waals surface area contributed by atoms with Crippen LogP contribution in [0.2, 0.25) is 0 Å². The summed E-state index contributed by atoms with van der Waals surface area (Å²) >= 11 is 0. The predicted molar refractivity (Wildman–Crippen MR) is 88.6 cm³/mol. The molecule has 0 N–H and O–H groups in total. The van der Waals surface area contributed by atoms with Gasteiger partial charge in [0.2, 0.25) is 0 Å². The Balaban J connectivity index is 2.11. The zero-order chi connectivity index (χ0) is 14.0. The van der Waals surface area contributed by atoms with E-state index in [-0.39, 0.29) is 7.92 Å². The molecule has 0 aromatic carbocycles. The Morgan fingerprint density at radius 2 is 1.53 bits per heavy atom. The molecule has 2 aliphatic rings. The van der Waals surface area contributed by atoms with Crippen LogP contribution in [-0.4, -0.2) is 42.0 Å². The van der Waals surface area contributed by atoms with Crippen LogP contribution < -0.4 is 0 Å². The molecule has 0 radical (unpaired) electrons. The first-order valence-corrected chi connectivity index (χ1v) is 10.0. The molecule has 4 atom stereocenters. The second kappa shape index (κ2) is 6.90. The van der Waals surface area contributed by atoms with Gasteiger partial charge in [-0.1, -0.05) is 41.0 Å². The first kappa shape index (κ1) is 15.8. The Kier molecular flexibility index (Phi) is 5.73. The minimum Gasteiger partial charge on any atom is -0.306 e. The predicted octanol–water partition coefficient (Wildman–Crippen LogP) is 4.94. The molecule has 112 valence electrons. The summed E-state index contributed by atoms with van der Waals surface area (Å²) in [4.78, 5) is 2.46.